The summed E-state index contributed by atoms with van der Waals surface area (Å²) in [4.78, 5) is 11.0. The lowest BCUT2D eigenvalue weighted by molar-refractivity contribution is -0.136. The zero-order chi connectivity index (χ0) is 10.3. The van der Waals surface area contributed by atoms with Crippen LogP contribution in [0.15, 0.2) is 4.51 Å². The van der Waals surface area contributed by atoms with Crippen molar-refractivity contribution < 1.29 is 9.53 Å². The quantitative estimate of drug-likeness (QED) is 0.253. The van der Waals surface area contributed by atoms with Crippen LogP contribution in [0.5, 0.6) is 0 Å². The van der Waals surface area contributed by atoms with Crippen LogP contribution in [0.1, 0.15) is 19.8 Å². The van der Waals surface area contributed by atoms with Crippen LogP contribution < -0.4 is 0 Å². The van der Waals surface area contributed by atoms with Gasteiger partial charge in [0.1, 0.15) is 0 Å². The lowest BCUT2D eigenvalue weighted by Crippen LogP contribution is -2.25. The average molecular weight is 248 g/mol. The van der Waals surface area contributed by atoms with Gasteiger partial charge < -0.3 is 4.74 Å². The van der Waals surface area contributed by atoms with Gasteiger partial charge in [0.05, 0.1) is 6.61 Å². The number of hydrogen-bond acceptors (Lipinski definition) is 3. The number of unbranched alkanes of at least 4 members (excludes halogenated alkanes) is 1. The van der Waals surface area contributed by atoms with Gasteiger partial charge in [-0.3, -0.25) is 0 Å². The molecule has 0 aromatic heterocycles. The Hall–Kier alpha value is -0.190. The molecule has 0 aliphatic rings. The molecule has 0 atom stereocenters. The van der Waals surface area contributed by atoms with Crippen molar-refractivity contribution >= 4 is 47.1 Å². The van der Waals surface area contributed by atoms with E-state index in [4.69, 9.17) is 40.1 Å². The van der Waals surface area contributed by atoms with Crippen LogP contribution in [0.2, 0.25) is 0 Å². The summed E-state index contributed by atoms with van der Waals surface area (Å²) in [6.07, 6.45) is 1.69. The molecule has 0 fully saturated rings. The largest absolute Gasteiger partial charge is 0.460 e. The molecule has 0 heterocycles. The summed E-state index contributed by atoms with van der Waals surface area (Å²) in [7, 11) is 0. The number of carbonyl (C=O) groups is 1. The third-order valence-corrected chi connectivity index (χ3v) is 1.63. The van der Waals surface area contributed by atoms with Crippen molar-refractivity contribution in [3.8, 4) is 0 Å². The van der Waals surface area contributed by atoms with Crippen LogP contribution in [0.3, 0.4) is 0 Å². The summed E-state index contributed by atoms with van der Waals surface area (Å²) in [6.45, 7) is 2.27. The van der Waals surface area contributed by atoms with E-state index in [0.717, 1.165) is 12.8 Å². The fraction of sp³-hybridized carbons (Fsp3) is 0.667. The van der Waals surface area contributed by atoms with E-state index in [1.165, 1.54) is 0 Å². The Morgan fingerprint density at radius 3 is 2.54 bits per heavy atom. The second-order valence-electron chi connectivity index (χ2n) is 2.13. The highest BCUT2D eigenvalue weighted by atomic mass is 35.5. The third-order valence-electron chi connectivity index (χ3n) is 1.15. The molecule has 0 bridgehead atoms. The van der Waals surface area contributed by atoms with Crippen LogP contribution in [-0.4, -0.2) is 22.3 Å². The van der Waals surface area contributed by atoms with Gasteiger partial charge in [-0.2, -0.15) is 3.94 Å². The smallest absolute Gasteiger partial charge is 0.377 e. The topological polar surface area (TPSA) is 41.9 Å². The summed E-state index contributed by atoms with van der Waals surface area (Å²) in [5, 5.41) is 0. The van der Waals surface area contributed by atoms with Gasteiger partial charge in [-0.1, -0.05) is 13.3 Å². The molecule has 0 aliphatic carbocycles. The molecule has 0 aromatic rings. The lowest BCUT2D eigenvalue weighted by Gasteiger charge is -2.07. The Balaban J connectivity index is 3.94. The highest BCUT2D eigenvalue weighted by Gasteiger charge is 2.18. The first-order chi connectivity index (χ1) is 6.13. The first kappa shape index (κ1) is 12.8. The molecule has 0 radical (unpaired) electrons. The molecule has 4 nitrogen and oxygen atoms in total. The second kappa shape index (κ2) is 7.24. The van der Waals surface area contributed by atoms with Crippen LogP contribution in [0, 0.1) is 0 Å². The summed E-state index contributed by atoms with van der Waals surface area (Å²) in [6, 6.07) is 0. The van der Waals surface area contributed by atoms with Crippen molar-refractivity contribution in [2.75, 3.05) is 6.61 Å². The van der Waals surface area contributed by atoms with E-state index in [0.29, 0.717) is 10.5 Å². The minimum Gasteiger partial charge on any atom is -0.460 e. The summed E-state index contributed by atoms with van der Waals surface area (Å²) in [5.41, 5.74) is 0. The number of halogens is 3. The number of amidine groups is 1. The molecule has 0 unspecified atom stereocenters. The molecular weight excluding hydrogens is 238 g/mol. The van der Waals surface area contributed by atoms with Crippen molar-refractivity contribution in [1.29, 1.82) is 0 Å². The van der Waals surface area contributed by atoms with Gasteiger partial charge in [0.15, 0.2) is 0 Å². The molecule has 0 aliphatic heterocycles. The van der Waals surface area contributed by atoms with Crippen LogP contribution in [0.25, 0.3) is 0 Å². The van der Waals surface area contributed by atoms with Gasteiger partial charge in [-0.15, -0.1) is 4.51 Å². The van der Waals surface area contributed by atoms with Gasteiger partial charge in [0.25, 0.3) is 5.84 Å². The van der Waals surface area contributed by atoms with E-state index in [1.54, 1.807) is 0 Å². The predicted molar refractivity (Wildman–Crippen MR) is 52.7 cm³/mol. The molecule has 0 rings (SSSR count). The van der Waals surface area contributed by atoms with Gasteiger partial charge in [0, 0.05) is 35.3 Å². The van der Waals surface area contributed by atoms with E-state index in [9.17, 15) is 4.79 Å². The first-order valence-electron chi connectivity index (χ1n) is 3.61. The van der Waals surface area contributed by atoms with Gasteiger partial charge >= 0.3 is 5.97 Å². The first-order valence-corrected chi connectivity index (χ1v) is 4.62. The Morgan fingerprint density at radius 2 is 2.15 bits per heavy atom. The standard InChI is InChI=1S/C6H9Cl3N2O2/c1-2-3-4-13-6(12)5(10-7)11(8)9/h2-4H2,1H3/b10-5-. The maximum absolute atomic E-state index is 11.0. The number of ether oxygens (including phenoxy) is 1. The van der Waals surface area contributed by atoms with Crippen LogP contribution in [0.4, 0.5) is 0 Å². The fourth-order valence-corrected chi connectivity index (χ4v) is 0.941. The molecule has 13 heavy (non-hydrogen) atoms. The Kier molecular flexibility index (Phi) is 7.13. The normalized spacial score (nSPS) is 11.2. The zero-order valence-corrected chi connectivity index (χ0v) is 9.23. The van der Waals surface area contributed by atoms with Crippen molar-refractivity contribution in [3.05, 3.63) is 0 Å². The monoisotopic (exact) mass is 246 g/mol. The molecule has 0 aromatic carbocycles. The van der Waals surface area contributed by atoms with E-state index in [1.807, 2.05) is 6.92 Å². The molecule has 0 N–H and O–H groups in total. The Bertz CT molecular complexity index is 196. The predicted octanol–water partition coefficient (Wildman–Crippen LogP) is 2.49. The van der Waals surface area contributed by atoms with E-state index < -0.39 is 5.97 Å². The SMILES string of the molecule is CCCCOC(=O)/C(=N/Cl)N(Cl)Cl. The van der Waals surface area contributed by atoms with E-state index >= 15 is 0 Å². The summed E-state index contributed by atoms with van der Waals surface area (Å²) in [5.74, 6) is -1.09. The maximum atomic E-state index is 11.0. The molecule has 0 saturated carbocycles. The van der Waals surface area contributed by atoms with Gasteiger partial charge in [0.2, 0.25) is 0 Å². The van der Waals surface area contributed by atoms with E-state index in [-0.39, 0.29) is 5.84 Å². The molecule has 0 amide bonds. The summed E-state index contributed by atoms with van der Waals surface area (Å²) >= 11 is 15.5. The van der Waals surface area contributed by atoms with Gasteiger partial charge in [-0.05, 0) is 6.42 Å². The van der Waals surface area contributed by atoms with E-state index in [2.05, 4.69) is 4.51 Å². The fourth-order valence-electron chi connectivity index (χ4n) is 0.506. The van der Waals surface area contributed by atoms with Crippen LogP contribution >= 0.6 is 35.3 Å². The zero-order valence-electron chi connectivity index (χ0n) is 6.97. The highest BCUT2D eigenvalue weighted by Crippen LogP contribution is 2.05. The Morgan fingerprint density at radius 1 is 1.54 bits per heavy atom. The maximum Gasteiger partial charge on any atom is 0.377 e. The number of nitrogens with zero attached hydrogens (tertiary/aromatic N) is 2. The van der Waals surface area contributed by atoms with Crippen molar-refractivity contribution in [1.82, 2.24) is 3.94 Å². The average Bonchev–Trinajstić information content (AvgIpc) is 2.05. The lowest BCUT2D eigenvalue weighted by atomic mass is 10.4. The van der Waals surface area contributed by atoms with Gasteiger partial charge in [-0.25, -0.2) is 4.79 Å². The molecule has 0 saturated heterocycles. The van der Waals surface area contributed by atoms with Crippen molar-refractivity contribution in [3.63, 3.8) is 0 Å². The minimum absolute atomic E-state index is 0.298. The molecule has 76 valence electrons. The number of esters is 1. The summed E-state index contributed by atoms with van der Waals surface area (Å²) < 4.78 is 8.23. The van der Waals surface area contributed by atoms with Crippen molar-refractivity contribution in [2.24, 2.45) is 4.51 Å². The second-order valence-corrected chi connectivity index (χ2v) is 3.15. The molecule has 0 spiro atoms. The van der Waals surface area contributed by atoms with Crippen LogP contribution in [-0.2, 0) is 9.53 Å². The third kappa shape index (κ3) is 5.18. The highest BCUT2D eigenvalue weighted by molar-refractivity contribution is 6.55. The minimum atomic E-state index is -0.742. The number of hydrogen-bond donors (Lipinski definition) is 0. The molecular formula is C6H9Cl3N2O2. The Labute approximate surface area is 91.7 Å². The van der Waals surface area contributed by atoms with Crippen molar-refractivity contribution in [2.45, 2.75) is 19.8 Å². The number of rotatable bonds is 3. The molecule has 7 heteroatoms. The number of carbonyl (C=O) groups excluding carboxylic acids is 1.